The Hall–Kier alpha value is -0.0400. The van der Waals surface area contributed by atoms with Crippen molar-refractivity contribution in [3.63, 3.8) is 0 Å². The fraction of sp³-hybridized carbons (Fsp3) is 1.00. The molecule has 1 fully saturated rings. The lowest BCUT2D eigenvalue weighted by Crippen LogP contribution is -2.09. The Bertz CT molecular complexity index is 61.2. The third-order valence-electron chi connectivity index (χ3n) is 1.74. The molecule has 1 saturated carbocycles. The van der Waals surface area contributed by atoms with E-state index in [0.717, 1.165) is 11.8 Å². The van der Waals surface area contributed by atoms with Crippen molar-refractivity contribution in [1.82, 2.24) is 5.32 Å². The van der Waals surface area contributed by atoms with Gasteiger partial charge in [-0.15, -0.1) is 0 Å². The van der Waals surface area contributed by atoms with Crippen LogP contribution in [-0.4, -0.2) is 13.6 Å². The molecule has 1 heteroatoms. The van der Waals surface area contributed by atoms with Gasteiger partial charge in [0, 0.05) is 0 Å². The van der Waals surface area contributed by atoms with Gasteiger partial charge in [0.25, 0.3) is 0 Å². The molecule has 1 rings (SSSR count). The van der Waals surface area contributed by atoms with E-state index >= 15 is 0 Å². The molecule has 0 radical (unpaired) electrons. The van der Waals surface area contributed by atoms with Crippen molar-refractivity contribution >= 4 is 0 Å². The Kier molecular flexibility index (Phi) is 1.33. The second-order valence-electron chi connectivity index (χ2n) is 2.53. The van der Waals surface area contributed by atoms with Gasteiger partial charge in [-0.1, -0.05) is 6.92 Å². The van der Waals surface area contributed by atoms with Crippen LogP contribution in [-0.2, 0) is 0 Å². The lowest BCUT2D eigenvalue weighted by Gasteiger charge is -1.90. The van der Waals surface area contributed by atoms with Gasteiger partial charge < -0.3 is 5.32 Å². The molecule has 0 saturated heterocycles. The van der Waals surface area contributed by atoms with Crippen LogP contribution >= 0.6 is 0 Å². The van der Waals surface area contributed by atoms with E-state index in [0.29, 0.717) is 0 Å². The first-order chi connectivity index (χ1) is 3.34. The largest absolute Gasteiger partial charge is 0.319 e. The molecule has 7 heavy (non-hydrogen) atoms. The van der Waals surface area contributed by atoms with E-state index in [9.17, 15) is 0 Å². The lowest BCUT2D eigenvalue weighted by atomic mass is 10.3. The van der Waals surface area contributed by atoms with Gasteiger partial charge in [0.1, 0.15) is 0 Å². The molecule has 0 aliphatic heterocycles. The van der Waals surface area contributed by atoms with Crippen LogP contribution in [0.5, 0.6) is 0 Å². The summed E-state index contributed by atoms with van der Waals surface area (Å²) in [7, 11) is 2.02. The summed E-state index contributed by atoms with van der Waals surface area (Å²) in [6.07, 6.45) is 1.45. The second kappa shape index (κ2) is 1.83. The van der Waals surface area contributed by atoms with Crippen LogP contribution in [0.2, 0.25) is 0 Å². The number of nitrogens with one attached hydrogen (secondary N) is 1. The number of hydrogen-bond acceptors (Lipinski definition) is 1. The highest BCUT2D eigenvalue weighted by Gasteiger charge is 2.30. The predicted octanol–water partition coefficient (Wildman–Crippen LogP) is 0.862. The molecule has 0 aromatic rings. The summed E-state index contributed by atoms with van der Waals surface area (Å²) >= 11 is 0. The normalized spacial score (nSPS) is 38.6. The lowest BCUT2D eigenvalue weighted by molar-refractivity contribution is 0.672. The van der Waals surface area contributed by atoms with Gasteiger partial charge >= 0.3 is 0 Å². The first-order valence-corrected chi connectivity index (χ1v) is 2.99. The zero-order chi connectivity index (χ0) is 5.28. The zero-order valence-corrected chi connectivity index (χ0v) is 5.07. The average molecular weight is 99.2 g/mol. The quantitative estimate of drug-likeness (QED) is 0.541. The maximum absolute atomic E-state index is 3.16. The van der Waals surface area contributed by atoms with Crippen molar-refractivity contribution in [3.05, 3.63) is 0 Å². The minimum Gasteiger partial charge on any atom is -0.319 e. The van der Waals surface area contributed by atoms with Gasteiger partial charge in [-0.25, -0.2) is 0 Å². The monoisotopic (exact) mass is 99.1 g/mol. The molecule has 0 bridgehead atoms. The molecule has 0 amide bonds. The smallest absolute Gasteiger partial charge is 0.00209 e. The van der Waals surface area contributed by atoms with Gasteiger partial charge in [0.15, 0.2) is 0 Å². The second-order valence-corrected chi connectivity index (χ2v) is 2.53. The average Bonchev–Trinajstić information content (AvgIpc) is 2.22. The number of rotatable bonds is 2. The van der Waals surface area contributed by atoms with Crippen molar-refractivity contribution in [2.45, 2.75) is 13.3 Å². The fourth-order valence-electron chi connectivity index (χ4n) is 0.946. The third kappa shape index (κ3) is 1.16. The molecule has 0 spiro atoms. The van der Waals surface area contributed by atoms with Gasteiger partial charge in [0.2, 0.25) is 0 Å². The van der Waals surface area contributed by atoms with Gasteiger partial charge in [-0.2, -0.15) is 0 Å². The summed E-state index contributed by atoms with van der Waals surface area (Å²) in [4.78, 5) is 0. The van der Waals surface area contributed by atoms with E-state index in [1.807, 2.05) is 7.05 Å². The molecular formula is C6H13N. The van der Waals surface area contributed by atoms with E-state index in [1.54, 1.807) is 0 Å². The highest BCUT2D eigenvalue weighted by molar-refractivity contribution is 4.83. The van der Waals surface area contributed by atoms with E-state index < -0.39 is 0 Å². The van der Waals surface area contributed by atoms with Crippen molar-refractivity contribution in [2.75, 3.05) is 13.6 Å². The summed E-state index contributed by atoms with van der Waals surface area (Å²) in [6, 6.07) is 0. The Morgan fingerprint density at radius 1 is 1.71 bits per heavy atom. The summed E-state index contributed by atoms with van der Waals surface area (Å²) in [5, 5.41) is 3.16. The van der Waals surface area contributed by atoms with E-state index in [4.69, 9.17) is 0 Å². The molecule has 2 atom stereocenters. The van der Waals surface area contributed by atoms with Crippen molar-refractivity contribution in [2.24, 2.45) is 11.8 Å². The summed E-state index contributed by atoms with van der Waals surface area (Å²) in [5.41, 5.74) is 0. The topological polar surface area (TPSA) is 12.0 Å². The van der Waals surface area contributed by atoms with Crippen LogP contribution in [0.1, 0.15) is 13.3 Å². The Labute approximate surface area is 45.1 Å². The molecule has 1 aliphatic rings. The van der Waals surface area contributed by atoms with Gasteiger partial charge in [-0.05, 0) is 31.8 Å². The van der Waals surface area contributed by atoms with Crippen LogP contribution in [0.3, 0.4) is 0 Å². The highest BCUT2D eigenvalue weighted by Crippen LogP contribution is 2.36. The standard InChI is InChI=1S/C6H13N/c1-5-3-6(5)4-7-2/h5-7H,3-4H2,1-2H3. The van der Waals surface area contributed by atoms with E-state index in [1.165, 1.54) is 13.0 Å². The number of hydrogen-bond donors (Lipinski definition) is 1. The van der Waals surface area contributed by atoms with E-state index in [2.05, 4.69) is 12.2 Å². The van der Waals surface area contributed by atoms with Crippen molar-refractivity contribution in [1.29, 1.82) is 0 Å². The summed E-state index contributed by atoms with van der Waals surface area (Å²) in [5.74, 6) is 2.01. The van der Waals surface area contributed by atoms with Crippen LogP contribution in [0.25, 0.3) is 0 Å². The minimum absolute atomic E-state index is 1.00. The SMILES string of the molecule is CNCC1CC1C. The molecule has 1 N–H and O–H groups in total. The summed E-state index contributed by atoms with van der Waals surface area (Å²) < 4.78 is 0. The van der Waals surface area contributed by atoms with E-state index in [-0.39, 0.29) is 0 Å². The first-order valence-electron chi connectivity index (χ1n) is 2.99. The molecule has 0 aromatic carbocycles. The molecule has 2 unspecified atom stereocenters. The zero-order valence-electron chi connectivity index (χ0n) is 5.07. The van der Waals surface area contributed by atoms with Crippen LogP contribution in [0.15, 0.2) is 0 Å². The molecule has 42 valence electrons. The molecule has 1 nitrogen and oxygen atoms in total. The van der Waals surface area contributed by atoms with Crippen molar-refractivity contribution < 1.29 is 0 Å². The van der Waals surface area contributed by atoms with Gasteiger partial charge in [0.05, 0.1) is 0 Å². The van der Waals surface area contributed by atoms with Crippen LogP contribution in [0.4, 0.5) is 0 Å². The predicted molar refractivity (Wildman–Crippen MR) is 31.2 cm³/mol. The van der Waals surface area contributed by atoms with Crippen LogP contribution in [0, 0.1) is 11.8 Å². The minimum atomic E-state index is 1.00. The fourth-order valence-corrected chi connectivity index (χ4v) is 0.946. The molecule has 0 heterocycles. The Morgan fingerprint density at radius 2 is 2.29 bits per heavy atom. The molecule has 1 aliphatic carbocycles. The van der Waals surface area contributed by atoms with Crippen molar-refractivity contribution in [3.8, 4) is 0 Å². The first kappa shape index (κ1) is 5.10. The maximum Gasteiger partial charge on any atom is -0.00209 e. The van der Waals surface area contributed by atoms with Crippen LogP contribution < -0.4 is 5.32 Å². The molecular weight excluding hydrogens is 86.1 g/mol. The maximum atomic E-state index is 3.16. The Balaban J connectivity index is 1.98. The molecule has 0 aromatic heterocycles. The summed E-state index contributed by atoms with van der Waals surface area (Å²) in [6.45, 7) is 3.53. The third-order valence-corrected chi connectivity index (χ3v) is 1.74. The van der Waals surface area contributed by atoms with Gasteiger partial charge in [-0.3, -0.25) is 0 Å². The highest BCUT2D eigenvalue weighted by atomic mass is 14.8. The Morgan fingerprint density at radius 3 is 2.43 bits per heavy atom.